The second kappa shape index (κ2) is 5.26. The molecule has 0 radical (unpaired) electrons. The van der Waals surface area contributed by atoms with Crippen LogP contribution in [0.4, 0.5) is 0 Å². The maximum Gasteiger partial charge on any atom is 0.0692 e. The molecule has 1 heterocycles. The summed E-state index contributed by atoms with van der Waals surface area (Å²) in [7, 11) is 0. The summed E-state index contributed by atoms with van der Waals surface area (Å²) in [5.41, 5.74) is 1.30. The smallest absolute Gasteiger partial charge is 0.0692 e. The lowest BCUT2D eigenvalue weighted by molar-refractivity contribution is 0.540. The number of nitrogens with zero attached hydrogens (tertiary/aromatic N) is 3. The van der Waals surface area contributed by atoms with Crippen LogP contribution in [0.5, 0.6) is 0 Å². The van der Waals surface area contributed by atoms with E-state index in [0.717, 1.165) is 19.6 Å². The molecule has 0 aliphatic rings. The van der Waals surface area contributed by atoms with E-state index in [4.69, 9.17) is 0 Å². The molecule has 4 nitrogen and oxygen atoms in total. The largest absolute Gasteiger partial charge is 0.311 e. The van der Waals surface area contributed by atoms with Crippen LogP contribution in [0.3, 0.4) is 0 Å². The van der Waals surface area contributed by atoms with Crippen LogP contribution in [0.2, 0.25) is 0 Å². The van der Waals surface area contributed by atoms with Gasteiger partial charge in [0.15, 0.2) is 0 Å². The van der Waals surface area contributed by atoms with E-state index >= 15 is 0 Å². The third-order valence-corrected chi connectivity index (χ3v) is 2.16. The second-order valence-electron chi connectivity index (χ2n) is 3.33. The van der Waals surface area contributed by atoms with Crippen molar-refractivity contribution in [3.05, 3.63) is 48.3 Å². The first-order valence-corrected chi connectivity index (χ1v) is 5.04. The zero-order valence-corrected chi connectivity index (χ0v) is 8.50. The van der Waals surface area contributed by atoms with Crippen molar-refractivity contribution in [3.8, 4) is 0 Å². The molecule has 15 heavy (non-hydrogen) atoms. The van der Waals surface area contributed by atoms with Crippen LogP contribution in [0.25, 0.3) is 0 Å². The van der Waals surface area contributed by atoms with Gasteiger partial charge in [0.25, 0.3) is 0 Å². The molecule has 4 heteroatoms. The minimum Gasteiger partial charge on any atom is -0.311 e. The summed E-state index contributed by atoms with van der Waals surface area (Å²) in [4.78, 5) is 0. The van der Waals surface area contributed by atoms with Crippen LogP contribution in [0.1, 0.15) is 5.56 Å². The van der Waals surface area contributed by atoms with Gasteiger partial charge in [-0.3, -0.25) is 4.68 Å². The number of nitrogens with one attached hydrogen (secondary N) is 1. The first-order valence-electron chi connectivity index (χ1n) is 5.04. The van der Waals surface area contributed by atoms with Crippen molar-refractivity contribution in [3.63, 3.8) is 0 Å². The van der Waals surface area contributed by atoms with Gasteiger partial charge < -0.3 is 5.32 Å². The van der Waals surface area contributed by atoms with Crippen LogP contribution in [0.15, 0.2) is 42.7 Å². The minimum absolute atomic E-state index is 0.854. The van der Waals surface area contributed by atoms with E-state index in [0.29, 0.717) is 0 Å². The van der Waals surface area contributed by atoms with Gasteiger partial charge in [0.05, 0.1) is 12.7 Å². The Morgan fingerprint density at radius 2 is 2.07 bits per heavy atom. The van der Waals surface area contributed by atoms with Gasteiger partial charge in [-0.15, -0.1) is 5.10 Å². The molecule has 2 rings (SSSR count). The molecule has 0 saturated heterocycles. The first kappa shape index (κ1) is 9.86. The maximum absolute atomic E-state index is 3.89. The number of benzene rings is 1. The number of aromatic nitrogens is 3. The van der Waals surface area contributed by atoms with E-state index in [-0.39, 0.29) is 0 Å². The molecule has 0 atom stereocenters. The molecule has 1 aromatic heterocycles. The summed E-state index contributed by atoms with van der Waals surface area (Å²) in [5, 5.41) is 11.0. The SMILES string of the molecule is c1ccc(CNCCn2ccnn2)cc1. The minimum atomic E-state index is 0.854. The van der Waals surface area contributed by atoms with Gasteiger partial charge in [-0.25, -0.2) is 0 Å². The Balaban J connectivity index is 1.68. The van der Waals surface area contributed by atoms with Gasteiger partial charge >= 0.3 is 0 Å². The fourth-order valence-electron chi connectivity index (χ4n) is 1.37. The standard InChI is InChI=1S/C11H14N4/c1-2-4-11(5-3-1)10-12-6-8-15-9-7-13-14-15/h1-5,7,9,12H,6,8,10H2. The molecule has 1 N–H and O–H groups in total. The summed E-state index contributed by atoms with van der Waals surface area (Å²) in [6.07, 6.45) is 3.56. The first-order chi connectivity index (χ1) is 7.45. The van der Waals surface area contributed by atoms with Crippen LogP contribution in [-0.4, -0.2) is 21.5 Å². The van der Waals surface area contributed by atoms with Crippen LogP contribution in [0, 0.1) is 0 Å². The highest BCUT2D eigenvalue weighted by Gasteiger charge is 1.92. The molecule has 0 amide bonds. The number of rotatable bonds is 5. The Morgan fingerprint density at radius 3 is 2.80 bits per heavy atom. The molecular formula is C11H14N4. The lowest BCUT2D eigenvalue weighted by Gasteiger charge is -2.04. The lowest BCUT2D eigenvalue weighted by atomic mass is 10.2. The summed E-state index contributed by atoms with van der Waals surface area (Å²) >= 11 is 0. The Hall–Kier alpha value is -1.68. The van der Waals surface area contributed by atoms with Crippen molar-refractivity contribution in [1.29, 1.82) is 0 Å². The number of hydrogen-bond donors (Lipinski definition) is 1. The highest BCUT2D eigenvalue weighted by molar-refractivity contribution is 5.14. The molecule has 0 saturated carbocycles. The average molecular weight is 202 g/mol. The van der Waals surface area contributed by atoms with Crippen molar-refractivity contribution in [1.82, 2.24) is 20.3 Å². The van der Waals surface area contributed by atoms with Gasteiger partial charge in [-0.2, -0.15) is 0 Å². The number of hydrogen-bond acceptors (Lipinski definition) is 3. The molecule has 0 bridgehead atoms. The van der Waals surface area contributed by atoms with Crippen molar-refractivity contribution in [2.45, 2.75) is 13.1 Å². The molecule has 1 aromatic carbocycles. The fourth-order valence-corrected chi connectivity index (χ4v) is 1.37. The van der Waals surface area contributed by atoms with Crippen molar-refractivity contribution in [2.24, 2.45) is 0 Å². The van der Waals surface area contributed by atoms with Crippen molar-refractivity contribution in [2.75, 3.05) is 6.54 Å². The fraction of sp³-hybridized carbons (Fsp3) is 0.273. The summed E-state index contributed by atoms with van der Waals surface area (Å²) in [6, 6.07) is 10.4. The van der Waals surface area contributed by atoms with Gasteiger partial charge in [-0.1, -0.05) is 35.5 Å². The van der Waals surface area contributed by atoms with Gasteiger partial charge in [0.1, 0.15) is 0 Å². The molecule has 0 fully saturated rings. The van der Waals surface area contributed by atoms with Gasteiger partial charge in [0, 0.05) is 19.3 Å². The van der Waals surface area contributed by atoms with Crippen molar-refractivity contribution < 1.29 is 0 Å². The van der Waals surface area contributed by atoms with Gasteiger partial charge in [0.2, 0.25) is 0 Å². The molecule has 0 aliphatic heterocycles. The van der Waals surface area contributed by atoms with Crippen LogP contribution in [-0.2, 0) is 13.1 Å². The second-order valence-corrected chi connectivity index (χ2v) is 3.33. The highest BCUT2D eigenvalue weighted by atomic mass is 15.4. The highest BCUT2D eigenvalue weighted by Crippen LogP contribution is 1.96. The third kappa shape index (κ3) is 3.18. The Morgan fingerprint density at radius 1 is 1.20 bits per heavy atom. The predicted octanol–water partition coefficient (Wildman–Crippen LogP) is 1.07. The van der Waals surface area contributed by atoms with E-state index < -0.39 is 0 Å². The monoisotopic (exact) mass is 202 g/mol. The molecule has 2 aromatic rings. The molecular weight excluding hydrogens is 188 g/mol. The van der Waals surface area contributed by atoms with E-state index in [1.165, 1.54) is 5.56 Å². The normalized spacial score (nSPS) is 10.4. The Kier molecular flexibility index (Phi) is 3.46. The Labute approximate surface area is 88.9 Å². The quantitative estimate of drug-likeness (QED) is 0.737. The van der Waals surface area contributed by atoms with Crippen LogP contribution >= 0.6 is 0 Å². The summed E-state index contributed by atoms with van der Waals surface area (Å²) in [6.45, 7) is 2.65. The van der Waals surface area contributed by atoms with Gasteiger partial charge in [-0.05, 0) is 5.56 Å². The third-order valence-electron chi connectivity index (χ3n) is 2.16. The molecule has 0 aliphatic carbocycles. The van der Waals surface area contributed by atoms with E-state index in [1.807, 2.05) is 16.9 Å². The van der Waals surface area contributed by atoms with E-state index in [2.05, 4.69) is 39.9 Å². The zero-order chi connectivity index (χ0) is 10.3. The van der Waals surface area contributed by atoms with Crippen LogP contribution < -0.4 is 5.32 Å². The lowest BCUT2D eigenvalue weighted by Crippen LogP contribution is -2.19. The summed E-state index contributed by atoms with van der Waals surface area (Å²) in [5.74, 6) is 0. The molecule has 0 spiro atoms. The average Bonchev–Trinajstić information content (AvgIpc) is 2.79. The van der Waals surface area contributed by atoms with E-state index in [1.54, 1.807) is 6.20 Å². The van der Waals surface area contributed by atoms with Crippen molar-refractivity contribution >= 4 is 0 Å². The van der Waals surface area contributed by atoms with E-state index in [9.17, 15) is 0 Å². The topological polar surface area (TPSA) is 42.7 Å². The summed E-state index contributed by atoms with van der Waals surface area (Å²) < 4.78 is 1.82. The molecule has 78 valence electrons. The maximum atomic E-state index is 3.89. The molecule has 0 unspecified atom stereocenters. The Bertz CT molecular complexity index is 369. The predicted molar refractivity (Wildman–Crippen MR) is 58.2 cm³/mol. The zero-order valence-electron chi connectivity index (χ0n) is 8.50.